The number of fused-ring (bicyclic) bond motifs is 3. The molecule has 32 heavy (non-hydrogen) atoms. The van der Waals surface area contributed by atoms with Crippen LogP contribution in [-0.2, 0) is 26.2 Å². The van der Waals surface area contributed by atoms with Gasteiger partial charge < -0.3 is 9.47 Å². The molecular formula is C24H33N3O4S. The van der Waals surface area contributed by atoms with Gasteiger partial charge in [-0.05, 0) is 82.4 Å². The number of rotatable bonds is 2. The van der Waals surface area contributed by atoms with Crippen molar-refractivity contribution in [2.24, 2.45) is 10.4 Å². The summed E-state index contributed by atoms with van der Waals surface area (Å²) >= 11 is 1.65. The second-order valence-electron chi connectivity index (χ2n) is 10.1. The van der Waals surface area contributed by atoms with Gasteiger partial charge in [0.05, 0.1) is 6.10 Å². The summed E-state index contributed by atoms with van der Waals surface area (Å²) < 4.78 is 11.0. The molecule has 0 saturated heterocycles. The van der Waals surface area contributed by atoms with E-state index in [0.717, 1.165) is 42.6 Å². The number of thioether (sulfide) groups is 1. The van der Waals surface area contributed by atoms with Crippen molar-refractivity contribution < 1.29 is 19.1 Å². The van der Waals surface area contributed by atoms with Gasteiger partial charge in [-0.15, -0.1) is 11.8 Å². The first-order valence-electron chi connectivity index (χ1n) is 11.1. The molecule has 3 aliphatic rings. The summed E-state index contributed by atoms with van der Waals surface area (Å²) in [5.74, 6) is 0.163. The summed E-state index contributed by atoms with van der Waals surface area (Å²) in [6.45, 7) is 5.42. The summed E-state index contributed by atoms with van der Waals surface area (Å²) in [5.41, 5.74) is 0.132. The number of hydrogen-bond acceptors (Lipinski definition) is 6. The lowest BCUT2D eigenvalue weighted by atomic mass is 9.61. The lowest BCUT2D eigenvalue weighted by molar-refractivity contribution is -0.137. The highest BCUT2D eigenvalue weighted by Gasteiger charge is 2.66. The Morgan fingerprint density at radius 1 is 1.28 bits per heavy atom. The number of amides is 2. The number of nitrogens with zero attached hydrogens (tertiary/aromatic N) is 2. The third kappa shape index (κ3) is 3.61. The molecule has 2 aliphatic carbocycles. The molecule has 0 radical (unpaired) electrons. The summed E-state index contributed by atoms with van der Waals surface area (Å²) in [6, 6.07) is 6.37. The fraction of sp³-hybridized carbons (Fsp3) is 0.625. The van der Waals surface area contributed by atoms with Crippen molar-refractivity contribution in [3.05, 3.63) is 29.3 Å². The number of carbonyl (C=O) groups is 2. The Morgan fingerprint density at radius 3 is 2.56 bits per heavy atom. The number of aliphatic imine (C=N–C) groups is 1. The molecule has 174 valence electrons. The Hall–Kier alpha value is -2.06. The molecule has 1 saturated carbocycles. The van der Waals surface area contributed by atoms with Crippen LogP contribution < -0.4 is 5.32 Å². The second kappa shape index (κ2) is 8.06. The van der Waals surface area contributed by atoms with Gasteiger partial charge in [0.2, 0.25) is 5.96 Å². The number of ether oxygens (including phenoxy) is 2. The summed E-state index contributed by atoms with van der Waals surface area (Å²) in [5, 5.41) is 2.73. The van der Waals surface area contributed by atoms with Crippen LogP contribution in [-0.4, -0.2) is 55.0 Å². The molecule has 1 fully saturated rings. The number of carbonyl (C=O) groups excluding carboxylic acids is 2. The van der Waals surface area contributed by atoms with Crippen LogP contribution in [0.2, 0.25) is 0 Å². The lowest BCUT2D eigenvalue weighted by Crippen LogP contribution is -2.51. The molecule has 1 N–H and O–H groups in total. The Labute approximate surface area is 194 Å². The maximum atomic E-state index is 14.0. The average molecular weight is 460 g/mol. The normalized spacial score (nSPS) is 29.4. The molecule has 1 heterocycles. The van der Waals surface area contributed by atoms with E-state index < -0.39 is 17.2 Å². The molecule has 4 rings (SSSR count). The fourth-order valence-corrected chi connectivity index (χ4v) is 5.96. The lowest BCUT2D eigenvalue weighted by Gasteiger charge is -2.45. The number of likely N-dealkylation sites (N-methyl/N-ethyl adjacent to an activating group) is 1. The van der Waals surface area contributed by atoms with Crippen LogP contribution in [0.3, 0.4) is 0 Å². The predicted molar refractivity (Wildman–Crippen MR) is 125 cm³/mol. The van der Waals surface area contributed by atoms with Crippen LogP contribution >= 0.6 is 11.8 Å². The molecule has 1 aliphatic heterocycles. The van der Waals surface area contributed by atoms with E-state index in [9.17, 15) is 9.59 Å². The fourth-order valence-electron chi connectivity index (χ4n) is 5.52. The van der Waals surface area contributed by atoms with Crippen LogP contribution in [0, 0.1) is 5.41 Å². The van der Waals surface area contributed by atoms with Crippen molar-refractivity contribution >= 4 is 29.7 Å². The number of nitrogens with one attached hydrogen (secondary N) is 1. The monoisotopic (exact) mass is 459 g/mol. The molecule has 1 aromatic rings. The van der Waals surface area contributed by atoms with Crippen LogP contribution in [0.25, 0.3) is 0 Å². The highest BCUT2D eigenvalue weighted by molar-refractivity contribution is 7.98. The first kappa shape index (κ1) is 23.1. The van der Waals surface area contributed by atoms with Gasteiger partial charge in [-0.25, -0.2) is 9.79 Å². The zero-order valence-corrected chi connectivity index (χ0v) is 20.6. The minimum Gasteiger partial charge on any atom is -0.444 e. The topological polar surface area (TPSA) is 80.2 Å². The molecule has 0 bridgehead atoms. The average Bonchev–Trinajstić information content (AvgIpc) is 3.14. The van der Waals surface area contributed by atoms with Gasteiger partial charge >= 0.3 is 6.09 Å². The SMILES string of the molecule is COC1CCC2(CC1)Cc1ccc(SC)cc1C21N=C(NC(=O)OC(C)(C)C)N(C)C1=O. The van der Waals surface area contributed by atoms with Crippen molar-refractivity contribution in [1.29, 1.82) is 0 Å². The van der Waals surface area contributed by atoms with Crippen LogP contribution in [0.15, 0.2) is 28.1 Å². The van der Waals surface area contributed by atoms with Gasteiger partial charge in [0, 0.05) is 24.5 Å². The number of guanidine groups is 1. The minimum absolute atomic E-state index is 0.0866. The van der Waals surface area contributed by atoms with E-state index in [1.54, 1.807) is 46.7 Å². The van der Waals surface area contributed by atoms with Gasteiger partial charge in [0.15, 0.2) is 5.54 Å². The van der Waals surface area contributed by atoms with Crippen molar-refractivity contribution in [2.75, 3.05) is 20.4 Å². The maximum absolute atomic E-state index is 14.0. The van der Waals surface area contributed by atoms with Gasteiger partial charge in [0.1, 0.15) is 5.60 Å². The molecule has 0 aromatic heterocycles. The van der Waals surface area contributed by atoms with Gasteiger partial charge in [-0.2, -0.15) is 0 Å². The zero-order chi connectivity index (χ0) is 23.3. The smallest absolute Gasteiger partial charge is 0.414 e. The van der Waals surface area contributed by atoms with Crippen LogP contribution in [0.1, 0.15) is 57.6 Å². The highest BCUT2D eigenvalue weighted by atomic mass is 32.2. The summed E-state index contributed by atoms with van der Waals surface area (Å²) in [4.78, 5) is 34.1. The minimum atomic E-state index is -1.04. The van der Waals surface area contributed by atoms with Gasteiger partial charge in [0.25, 0.3) is 5.91 Å². The standard InChI is InChI=1S/C24H33N3O4S/c1-22(2,3)31-21(29)25-20-26-24(19(28)27(20)4)18-13-17(32-6)8-7-15(18)14-23(24)11-9-16(30-5)10-12-23/h7-8,13,16H,9-12,14H2,1-6H3,(H,25,26,29). The molecule has 8 heteroatoms. The molecular weight excluding hydrogens is 426 g/mol. The van der Waals surface area contributed by atoms with E-state index in [4.69, 9.17) is 14.5 Å². The zero-order valence-electron chi connectivity index (χ0n) is 19.8. The molecule has 1 unspecified atom stereocenters. The van der Waals surface area contributed by atoms with Crippen molar-refractivity contribution in [1.82, 2.24) is 10.2 Å². The molecule has 1 atom stereocenters. The third-order valence-electron chi connectivity index (χ3n) is 7.04. The first-order valence-corrected chi connectivity index (χ1v) is 12.4. The summed E-state index contributed by atoms with van der Waals surface area (Å²) in [7, 11) is 3.43. The number of alkyl carbamates (subject to hydrolysis) is 1. The Balaban J connectivity index is 1.79. The number of methoxy groups -OCH3 is 1. The molecule has 2 amide bonds. The molecule has 7 nitrogen and oxygen atoms in total. The van der Waals surface area contributed by atoms with E-state index in [-0.39, 0.29) is 23.4 Å². The van der Waals surface area contributed by atoms with Crippen LogP contribution in [0.5, 0.6) is 0 Å². The Morgan fingerprint density at radius 2 is 1.97 bits per heavy atom. The largest absolute Gasteiger partial charge is 0.444 e. The van der Waals surface area contributed by atoms with Crippen molar-refractivity contribution in [2.45, 2.75) is 75.0 Å². The van der Waals surface area contributed by atoms with Crippen LogP contribution in [0.4, 0.5) is 4.79 Å². The number of benzene rings is 1. The van der Waals surface area contributed by atoms with E-state index >= 15 is 0 Å². The van der Waals surface area contributed by atoms with Crippen molar-refractivity contribution in [3.8, 4) is 0 Å². The molecule has 1 aromatic carbocycles. The van der Waals surface area contributed by atoms with E-state index in [2.05, 4.69) is 23.5 Å². The van der Waals surface area contributed by atoms with Crippen molar-refractivity contribution in [3.63, 3.8) is 0 Å². The maximum Gasteiger partial charge on any atom is 0.414 e. The first-order chi connectivity index (χ1) is 15.0. The Kier molecular flexibility index (Phi) is 5.82. The predicted octanol–water partition coefficient (Wildman–Crippen LogP) is 4.09. The van der Waals surface area contributed by atoms with Gasteiger partial charge in [-0.1, -0.05) is 6.07 Å². The van der Waals surface area contributed by atoms with Gasteiger partial charge in [-0.3, -0.25) is 15.0 Å². The molecule has 2 spiro atoms. The van der Waals surface area contributed by atoms with E-state index in [0.29, 0.717) is 0 Å². The van der Waals surface area contributed by atoms with E-state index in [1.165, 1.54) is 10.5 Å². The number of hydrogen-bond donors (Lipinski definition) is 1. The third-order valence-corrected chi connectivity index (χ3v) is 7.77. The second-order valence-corrected chi connectivity index (χ2v) is 10.9. The Bertz CT molecular complexity index is 962. The highest BCUT2D eigenvalue weighted by Crippen LogP contribution is 2.62. The summed E-state index contributed by atoms with van der Waals surface area (Å²) in [6.07, 6.45) is 5.91. The van der Waals surface area contributed by atoms with E-state index in [1.807, 2.05) is 6.26 Å². The quantitative estimate of drug-likeness (QED) is 0.674.